The molecule has 1 heterocycles. The first kappa shape index (κ1) is 24.2. The summed E-state index contributed by atoms with van der Waals surface area (Å²) in [6, 6.07) is 7.56. The molecule has 1 aliphatic rings. The summed E-state index contributed by atoms with van der Waals surface area (Å²) in [5, 5.41) is 3.29. The Kier molecular flexibility index (Phi) is 7.35. The van der Waals surface area contributed by atoms with Gasteiger partial charge in [-0.05, 0) is 36.2 Å². The van der Waals surface area contributed by atoms with Crippen molar-refractivity contribution < 1.29 is 24.0 Å². The second-order valence-electron chi connectivity index (χ2n) is 7.40. The van der Waals surface area contributed by atoms with Gasteiger partial charge in [0, 0.05) is 25.7 Å². The van der Waals surface area contributed by atoms with E-state index in [-0.39, 0.29) is 35.5 Å². The number of nitrogens with one attached hydrogen (secondary N) is 1. The lowest BCUT2D eigenvalue weighted by atomic mass is 10.0. The monoisotopic (exact) mass is 490 g/mol. The van der Waals surface area contributed by atoms with Gasteiger partial charge in [-0.25, -0.2) is 4.79 Å². The number of fused-ring (bicyclic) bond motifs is 1. The maximum Gasteiger partial charge on any atom is 0.321 e. The van der Waals surface area contributed by atoms with E-state index in [1.165, 1.54) is 24.1 Å². The second kappa shape index (κ2) is 10.0. The molecule has 1 aliphatic heterocycles. The van der Waals surface area contributed by atoms with Crippen LogP contribution >= 0.6 is 23.2 Å². The van der Waals surface area contributed by atoms with Crippen molar-refractivity contribution in [3.8, 4) is 0 Å². The van der Waals surface area contributed by atoms with Crippen molar-refractivity contribution >= 4 is 58.9 Å². The standard InChI is InChI=1S/C22H20Cl2N4O5/c1-27(22(33)26-13-7-8-15(23)16(24)10-13)11-12-4-2-5-14-18(12)21(32)28(20(14)31)17(19(25)30)6-3-9-29/h2,4-5,7-10,17H,3,6,11H2,1H3,(H2,25,30)(H,26,33). The van der Waals surface area contributed by atoms with Crippen LogP contribution in [0, 0.1) is 0 Å². The molecular formula is C22H20Cl2N4O5. The minimum atomic E-state index is -1.24. The van der Waals surface area contributed by atoms with Gasteiger partial charge in [0.25, 0.3) is 11.8 Å². The molecule has 0 aromatic heterocycles. The number of carbonyl (C=O) groups is 5. The zero-order valence-electron chi connectivity index (χ0n) is 17.5. The number of imide groups is 1. The number of nitrogens with zero attached hydrogens (tertiary/aromatic N) is 2. The van der Waals surface area contributed by atoms with E-state index < -0.39 is 29.8 Å². The van der Waals surface area contributed by atoms with Crippen molar-refractivity contribution in [3.63, 3.8) is 0 Å². The van der Waals surface area contributed by atoms with E-state index in [1.54, 1.807) is 24.3 Å². The van der Waals surface area contributed by atoms with Crippen LogP contribution in [0.25, 0.3) is 0 Å². The fourth-order valence-corrected chi connectivity index (χ4v) is 3.83. The number of primary amides is 1. The number of rotatable bonds is 8. The van der Waals surface area contributed by atoms with E-state index in [0.29, 0.717) is 22.6 Å². The molecule has 11 heteroatoms. The van der Waals surface area contributed by atoms with Gasteiger partial charge < -0.3 is 20.7 Å². The molecule has 1 atom stereocenters. The van der Waals surface area contributed by atoms with Crippen molar-refractivity contribution in [2.75, 3.05) is 12.4 Å². The van der Waals surface area contributed by atoms with Crippen LogP contribution < -0.4 is 11.1 Å². The van der Waals surface area contributed by atoms with Crippen molar-refractivity contribution in [3.05, 3.63) is 63.1 Å². The van der Waals surface area contributed by atoms with E-state index in [0.717, 1.165) is 4.90 Å². The van der Waals surface area contributed by atoms with Gasteiger partial charge in [-0.2, -0.15) is 0 Å². The molecule has 0 bridgehead atoms. The summed E-state index contributed by atoms with van der Waals surface area (Å²) >= 11 is 11.9. The predicted molar refractivity (Wildman–Crippen MR) is 122 cm³/mol. The Balaban J connectivity index is 1.82. The maximum atomic E-state index is 13.1. The Hall–Kier alpha value is -3.43. The van der Waals surface area contributed by atoms with E-state index >= 15 is 0 Å². The molecule has 33 heavy (non-hydrogen) atoms. The third-order valence-corrected chi connectivity index (χ3v) is 5.89. The molecule has 1 unspecified atom stereocenters. The summed E-state index contributed by atoms with van der Waals surface area (Å²) in [6.45, 7) is -0.00123. The van der Waals surface area contributed by atoms with E-state index in [9.17, 15) is 24.0 Å². The molecule has 0 aliphatic carbocycles. The first-order valence-electron chi connectivity index (χ1n) is 9.85. The van der Waals surface area contributed by atoms with Gasteiger partial charge in [0.1, 0.15) is 12.3 Å². The Bertz CT molecular complexity index is 1150. The number of urea groups is 1. The average molecular weight is 491 g/mol. The minimum Gasteiger partial charge on any atom is -0.368 e. The summed E-state index contributed by atoms with van der Waals surface area (Å²) in [7, 11) is 1.52. The van der Waals surface area contributed by atoms with Gasteiger partial charge in [-0.1, -0.05) is 35.3 Å². The Morgan fingerprint density at radius 1 is 1.15 bits per heavy atom. The Morgan fingerprint density at radius 3 is 2.52 bits per heavy atom. The summed E-state index contributed by atoms with van der Waals surface area (Å²) in [5.74, 6) is -2.25. The number of aldehydes is 1. The average Bonchev–Trinajstić information content (AvgIpc) is 3.02. The molecule has 2 aromatic carbocycles. The number of anilines is 1. The highest BCUT2D eigenvalue weighted by Gasteiger charge is 2.43. The molecule has 2 aromatic rings. The van der Waals surface area contributed by atoms with Crippen LogP contribution in [-0.4, -0.2) is 52.9 Å². The SMILES string of the molecule is CN(Cc1cccc2c1C(=O)N(C(CCC=O)C(N)=O)C2=O)C(=O)Nc1ccc(Cl)c(Cl)c1. The van der Waals surface area contributed by atoms with Crippen molar-refractivity contribution in [1.29, 1.82) is 0 Å². The third-order valence-electron chi connectivity index (χ3n) is 5.16. The largest absolute Gasteiger partial charge is 0.368 e. The maximum absolute atomic E-state index is 13.1. The first-order chi connectivity index (χ1) is 15.6. The molecule has 172 valence electrons. The predicted octanol–water partition coefficient (Wildman–Crippen LogP) is 3.09. The van der Waals surface area contributed by atoms with Crippen LogP contribution in [0.2, 0.25) is 10.0 Å². The molecule has 0 radical (unpaired) electrons. The number of benzene rings is 2. The Morgan fingerprint density at radius 2 is 1.88 bits per heavy atom. The molecule has 0 saturated heterocycles. The number of amides is 5. The van der Waals surface area contributed by atoms with Crippen molar-refractivity contribution in [1.82, 2.24) is 9.80 Å². The first-order valence-corrected chi connectivity index (χ1v) is 10.6. The van der Waals surface area contributed by atoms with Crippen molar-refractivity contribution in [2.45, 2.75) is 25.4 Å². The summed E-state index contributed by atoms with van der Waals surface area (Å²) in [4.78, 5) is 63.3. The zero-order chi connectivity index (χ0) is 24.3. The van der Waals surface area contributed by atoms with Gasteiger partial charge in [0.05, 0.1) is 21.2 Å². The van der Waals surface area contributed by atoms with Crippen LogP contribution in [0.1, 0.15) is 39.1 Å². The normalized spacial score (nSPS) is 13.5. The lowest BCUT2D eigenvalue weighted by Gasteiger charge is -2.23. The smallest absolute Gasteiger partial charge is 0.321 e. The summed E-state index contributed by atoms with van der Waals surface area (Å²) < 4.78 is 0. The van der Waals surface area contributed by atoms with Gasteiger partial charge in [0.2, 0.25) is 5.91 Å². The number of hydrogen-bond donors (Lipinski definition) is 2. The minimum absolute atomic E-state index is 0.00123. The molecule has 0 fully saturated rings. The van der Waals surface area contributed by atoms with Gasteiger partial charge in [-0.15, -0.1) is 0 Å². The number of nitrogens with two attached hydrogens (primary N) is 1. The van der Waals surface area contributed by atoms with E-state index in [4.69, 9.17) is 28.9 Å². The molecule has 0 saturated carbocycles. The Labute approximate surface area is 199 Å². The fraction of sp³-hybridized carbons (Fsp3) is 0.227. The van der Waals surface area contributed by atoms with Crippen molar-refractivity contribution in [2.24, 2.45) is 5.73 Å². The third kappa shape index (κ3) is 4.99. The topological polar surface area (TPSA) is 130 Å². The number of halogens is 2. The lowest BCUT2D eigenvalue weighted by molar-refractivity contribution is -0.122. The number of hydrogen-bond acceptors (Lipinski definition) is 5. The highest BCUT2D eigenvalue weighted by molar-refractivity contribution is 6.42. The molecule has 3 rings (SSSR count). The van der Waals surface area contributed by atoms with Crippen LogP contribution in [0.3, 0.4) is 0 Å². The fourth-order valence-electron chi connectivity index (χ4n) is 3.53. The molecule has 5 amide bonds. The van der Waals surface area contributed by atoms with Gasteiger partial charge in [-0.3, -0.25) is 19.3 Å². The van der Waals surface area contributed by atoms with E-state index in [2.05, 4.69) is 5.32 Å². The zero-order valence-corrected chi connectivity index (χ0v) is 19.0. The van der Waals surface area contributed by atoms with Crippen LogP contribution in [0.15, 0.2) is 36.4 Å². The molecular weight excluding hydrogens is 471 g/mol. The van der Waals surface area contributed by atoms with Crippen LogP contribution in [0.4, 0.5) is 10.5 Å². The highest BCUT2D eigenvalue weighted by atomic mass is 35.5. The molecule has 3 N–H and O–H groups in total. The van der Waals surface area contributed by atoms with Crippen LogP contribution in [0.5, 0.6) is 0 Å². The van der Waals surface area contributed by atoms with Crippen LogP contribution in [-0.2, 0) is 16.1 Å². The van der Waals surface area contributed by atoms with Gasteiger partial charge >= 0.3 is 6.03 Å². The molecule has 0 spiro atoms. The summed E-state index contributed by atoms with van der Waals surface area (Å²) in [5.41, 5.74) is 6.43. The lowest BCUT2D eigenvalue weighted by Crippen LogP contribution is -2.47. The molecule has 9 nitrogen and oxygen atoms in total. The highest BCUT2D eigenvalue weighted by Crippen LogP contribution is 2.30. The second-order valence-corrected chi connectivity index (χ2v) is 8.21. The summed E-state index contributed by atoms with van der Waals surface area (Å²) in [6.07, 6.45) is 0.484. The quantitative estimate of drug-likeness (QED) is 0.433. The van der Waals surface area contributed by atoms with Gasteiger partial charge in [0.15, 0.2) is 0 Å². The number of carbonyl (C=O) groups excluding carboxylic acids is 5. The van der Waals surface area contributed by atoms with E-state index in [1.807, 2.05) is 0 Å².